The second-order valence-electron chi connectivity index (χ2n) is 5.88. The fourth-order valence-corrected chi connectivity index (χ4v) is 2.59. The summed E-state index contributed by atoms with van der Waals surface area (Å²) in [4.78, 5) is 14.0. The maximum atomic E-state index is 12.2. The number of amides is 1. The van der Waals surface area contributed by atoms with Crippen molar-refractivity contribution in [2.75, 3.05) is 13.2 Å². The maximum Gasteiger partial charge on any atom is 0.261 e. The highest BCUT2D eigenvalue weighted by Gasteiger charge is 2.39. The standard InChI is InChI=1S/C15H22N2O2/c1-11-4-6-13(7-5-11)19-10-14(18)17-9-12(16)8-15(17,2)3/h4-7,12H,8-10,16H2,1-3H3. The van der Waals surface area contributed by atoms with Crippen LogP contribution in [-0.4, -0.2) is 35.5 Å². The van der Waals surface area contributed by atoms with Crippen LogP contribution in [0.1, 0.15) is 25.8 Å². The molecule has 0 spiro atoms. The minimum Gasteiger partial charge on any atom is -0.484 e. The summed E-state index contributed by atoms with van der Waals surface area (Å²) < 4.78 is 5.53. The van der Waals surface area contributed by atoms with Crippen molar-refractivity contribution in [2.24, 2.45) is 5.73 Å². The molecule has 0 saturated carbocycles. The fraction of sp³-hybridized carbons (Fsp3) is 0.533. The Balaban J connectivity index is 1.93. The lowest BCUT2D eigenvalue weighted by Crippen LogP contribution is -2.45. The number of hydrogen-bond acceptors (Lipinski definition) is 3. The van der Waals surface area contributed by atoms with Crippen LogP contribution >= 0.6 is 0 Å². The van der Waals surface area contributed by atoms with E-state index in [1.165, 1.54) is 5.56 Å². The van der Waals surface area contributed by atoms with Crippen LogP contribution in [0.5, 0.6) is 5.75 Å². The van der Waals surface area contributed by atoms with Gasteiger partial charge < -0.3 is 15.4 Å². The number of nitrogens with two attached hydrogens (primary N) is 1. The van der Waals surface area contributed by atoms with E-state index in [9.17, 15) is 4.79 Å². The largest absolute Gasteiger partial charge is 0.484 e. The summed E-state index contributed by atoms with van der Waals surface area (Å²) in [7, 11) is 0. The molecule has 1 saturated heterocycles. The van der Waals surface area contributed by atoms with E-state index in [0.29, 0.717) is 6.54 Å². The van der Waals surface area contributed by atoms with E-state index >= 15 is 0 Å². The molecule has 4 nitrogen and oxygen atoms in total. The number of nitrogens with zero attached hydrogens (tertiary/aromatic N) is 1. The van der Waals surface area contributed by atoms with Crippen molar-refractivity contribution in [1.82, 2.24) is 4.90 Å². The molecule has 0 radical (unpaired) electrons. The van der Waals surface area contributed by atoms with Crippen LogP contribution in [0.2, 0.25) is 0 Å². The van der Waals surface area contributed by atoms with Gasteiger partial charge in [-0.05, 0) is 39.3 Å². The number of carbonyl (C=O) groups is 1. The lowest BCUT2D eigenvalue weighted by molar-refractivity contribution is -0.136. The maximum absolute atomic E-state index is 12.2. The van der Waals surface area contributed by atoms with Crippen molar-refractivity contribution in [3.63, 3.8) is 0 Å². The van der Waals surface area contributed by atoms with Gasteiger partial charge in [-0.3, -0.25) is 4.79 Å². The lowest BCUT2D eigenvalue weighted by Gasteiger charge is -2.31. The van der Waals surface area contributed by atoms with Crippen molar-refractivity contribution in [3.05, 3.63) is 29.8 Å². The first-order valence-corrected chi connectivity index (χ1v) is 6.64. The van der Waals surface area contributed by atoms with Crippen LogP contribution in [0.25, 0.3) is 0 Å². The molecule has 104 valence electrons. The third-order valence-electron chi connectivity index (χ3n) is 3.59. The highest BCUT2D eigenvalue weighted by atomic mass is 16.5. The van der Waals surface area contributed by atoms with Gasteiger partial charge >= 0.3 is 0 Å². The van der Waals surface area contributed by atoms with E-state index in [0.717, 1.165) is 12.2 Å². The van der Waals surface area contributed by atoms with Gasteiger partial charge in [0.05, 0.1) is 0 Å². The first kappa shape index (κ1) is 13.9. The molecule has 1 fully saturated rings. The molecule has 4 heteroatoms. The van der Waals surface area contributed by atoms with Crippen molar-refractivity contribution in [1.29, 1.82) is 0 Å². The molecule has 1 aromatic rings. The Kier molecular flexibility index (Phi) is 3.80. The third kappa shape index (κ3) is 3.26. The summed E-state index contributed by atoms with van der Waals surface area (Å²) in [6.07, 6.45) is 0.837. The monoisotopic (exact) mass is 262 g/mol. The van der Waals surface area contributed by atoms with Crippen LogP contribution in [0.3, 0.4) is 0 Å². The highest BCUT2D eigenvalue weighted by molar-refractivity contribution is 5.79. The van der Waals surface area contributed by atoms with E-state index in [2.05, 4.69) is 0 Å². The Morgan fingerprint density at radius 2 is 2.05 bits per heavy atom. The average Bonchev–Trinajstić information content (AvgIpc) is 2.61. The van der Waals surface area contributed by atoms with Gasteiger partial charge in [0.1, 0.15) is 5.75 Å². The lowest BCUT2D eigenvalue weighted by atomic mass is 10.0. The van der Waals surface area contributed by atoms with E-state index in [1.807, 2.05) is 49.9 Å². The van der Waals surface area contributed by atoms with Gasteiger partial charge in [-0.25, -0.2) is 0 Å². The molecule has 2 N–H and O–H groups in total. The minimum absolute atomic E-state index is 0.00137. The van der Waals surface area contributed by atoms with E-state index in [4.69, 9.17) is 10.5 Å². The van der Waals surface area contributed by atoms with Gasteiger partial charge in [-0.1, -0.05) is 17.7 Å². The normalized spacial score (nSPS) is 21.5. The van der Waals surface area contributed by atoms with Gasteiger partial charge in [0.25, 0.3) is 5.91 Å². The molecule has 1 unspecified atom stereocenters. The average molecular weight is 262 g/mol. The molecule has 2 rings (SSSR count). The predicted octanol–water partition coefficient (Wildman–Crippen LogP) is 1.71. The van der Waals surface area contributed by atoms with Crippen LogP contribution in [0.15, 0.2) is 24.3 Å². The summed E-state index contributed by atoms with van der Waals surface area (Å²) >= 11 is 0. The highest BCUT2D eigenvalue weighted by Crippen LogP contribution is 2.27. The number of ether oxygens (including phenoxy) is 1. The second-order valence-corrected chi connectivity index (χ2v) is 5.88. The van der Waals surface area contributed by atoms with Gasteiger partial charge in [-0.2, -0.15) is 0 Å². The Labute approximate surface area is 114 Å². The zero-order valence-electron chi connectivity index (χ0n) is 11.8. The van der Waals surface area contributed by atoms with E-state index in [1.54, 1.807) is 0 Å². The minimum atomic E-state index is -0.173. The van der Waals surface area contributed by atoms with E-state index in [-0.39, 0.29) is 24.1 Å². The number of benzene rings is 1. The third-order valence-corrected chi connectivity index (χ3v) is 3.59. The fourth-order valence-electron chi connectivity index (χ4n) is 2.59. The zero-order chi connectivity index (χ0) is 14.0. The molecule has 1 heterocycles. The summed E-state index contributed by atoms with van der Waals surface area (Å²) in [6.45, 7) is 6.79. The molecule has 1 aliphatic heterocycles. The summed E-state index contributed by atoms with van der Waals surface area (Å²) in [5.41, 5.74) is 6.93. The Bertz CT molecular complexity index is 454. The SMILES string of the molecule is Cc1ccc(OCC(=O)N2CC(N)CC2(C)C)cc1. The molecule has 1 aliphatic rings. The molecule has 0 aliphatic carbocycles. The van der Waals surface area contributed by atoms with Crippen molar-refractivity contribution in [2.45, 2.75) is 38.8 Å². The quantitative estimate of drug-likeness (QED) is 0.902. The molecule has 1 atom stereocenters. The molecule has 1 amide bonds. The molecule has 1 aromatic carbocycles. The number of hydrogen-bond donors (Lipinski definition) is 1. The van der Waals surface area contributed by atoms with Crippen LogP contribution in [0, 0.1) is 6.92 Å². The number of aryl methyl sites for hydroxylation is 1. The van der Waals surface area contributed by atoms with Crippen LogP contribution in [0.4, 0.5) is 0 Å². The molecule has 0 bridgehead atoms. The zero-order valence-corrected chi connectivity index (χ0v) is 11.8. The van der Waals surface area contributed by atoms with Crippen LogP contribution < -0.4 is 10.5 Å². The number of rotatable bonds is 3. The van der Waals surface area contributed by atoms with Gasteiger partial charge in [-0.15, -0.1) is 0 Å². The predicted molar refractivity (Wildman–Crippen MR) is 75.1 cm³/mol. The molecular formula is C15H22N2O2. The van der Waals surface area contributed by atoms with Gasteiger partial charge in [0.2, 0.25) is 0 Å². The number of likely N-dealkylation sites (tertiary alicyclic amines) is 1. The smallest absolute Gasteiger partial charge is 0.261 e. The van der Waals surface area contributed by atoms with Crippen molar-refractivity contribution < 1.29 is 9.53 Å². The summed E-state index contributed by atoms with van der Waals surface area (Å²) in [6, 6.07) is 7.76. The second kappa shape index (κ2) is 5.21. The Hall–Kier alpha value is -1.55. The topological polar surface area (TPSA) is 55.6 Å². The molecule has 0 aromatic heterocycles. The van der Waals surface area contributed by atoms with Crippen LogP contribution in [-0.2, 0) is 4.79 Å². The molecule has 19 heavy (non-hydrogen) atoms. The Morgan fingerprint density at radius 1 is 1.42 bits per heavy atom. The Morgan fingerprint density at radius 3 is 2.58 bits per heavy atom. The first-order valence-electron chi connectivity index (χ1n) is 6.64. The van der Waals surface area contributed by atoms with Gasteiger partial charge in [0, 0.05) is 18.1 Å². The number of carbonyl (C=O) groups excluding carboxylic acids is 1. The first-order chi connectivity index (χ1) is 8.88. The van der Waals surface area contributed by atoms with Crippen molar-refractivity contribution >= 4 is 5.91 Å². The molecular weight excluding hydrogens is 240 g/mol. The van der Waals surface area contributed by atoms with Crippen molar-refractivity contribution in [3.8, 4) is 5.75 Å². The summed E-state index contributed by atoms with van der Waals surface area (Å²) in [5, 5.41) is 0. The summed E-state index contributed by atoms with van der Waals surface area (Å²) in [5.74, 6) is 0.721. The van der Waals surface area contributed by atoms with Gasteiger partial charge in [0.15, 0.2) is 6.61 Å². The van der Waals surface area contributed by atoms with E-state index < -0.39 is 0 Å².